The molecule has 1 fully saturated rings. The highest BCUT2D eigenvalue weighted by Crippen LogP contribution is 2.12. The lowest BCUT2D eigenvalue weighted by Gasteiger charge is -2.14. The molecule has 1 heterocycles. The maximum Gasteiger partial charge on any atom is 0.258 e. The average Bonchev–Trinajstić information content (AvgIpc) is 3.11. The Kier molecular flexibility index (Phi) is 14.4. The maximum absolute atomic E-state index is 11.7. The lowest BCUT2D eigenvalue weighted by Crippen LogP contribution is -2.38. The molecular weight excluding hydrogens is 308 g/mol. The van der Waals surface area contributed by atoms with Gasteiger partial charge in [0, 0.05) is 19.2 Å². The number of rotatable bonds is 15. The fourth-order valence-electron chi connectivity index (χ4n) is 3.27. The summed E-state index contributed by atoms with van der Waals surface area (Å²) in [4.78, 5) is 11.7. The molecule has 1 aliphatic heterocycles. The second kappa shape index (κ2) is 16.4. The number of allylic oxidation sites excluding steroid dienone is 3. The minimum absolute atomic E-state index is 0.0127. The standard InChI is InChI=1S/C22H40N2O/c1-2-3-4-5-6-7-8-9-10-11-12-13-14-15-16-19-22(25)23-24-20-17-18-21-24/h14-16,19H,2-13,17-18,20-21H2,1H3,(H,23,25). The quantitative estimate of drug-likeness (QED) is 0.226. The summed E-state index contributed by atoms with van der Waals surface area (Å²) in [6, 6.07) is 0. The Morgan fingerprint density at radius 2 is 1.40 bits per heavy atom. The van der Waals surface area contributed by atoms with Crippen molar-refractivity contribution < 1.29 is 4.79 Å². The Morgan fingerprint density at radius 3 is 2.00 bits per heavy atom. The van der Waals surface area contributed by atoms with Crippen LogP contribution in [0, 0.1) is 0 Å². The van der Waals surface area contributed by atoms with Gasteiger partial charge >= 0.3 is 0 Å². The number of nitrogens with one attached hydrogen (secondary N) is 1. The zero-order valence-electron chi connectivity index (χ0n) is 16.5. The van der Waals surface area contributed by atoms with E-state index < -0.39 is 0 Å². The van der Waals surface area contributed by atoms with Crippen LogP contribution < -0.4 is 5.43 Å². The van der Waals surface area contributed by atoms with Gasteiger partial charge in [-0.2, -0.15) is 0 Å². The predicted octanol–water partition coefficient (Wildman–Crippen LogP) is 5.93. The Bertz CT molecular complexity index is 370. The summed E-state index contributed by atoms with van der Waals surface area (Å²) < 4.78 is 0. The van der Waals surface area contributed by atoms with Crippen LogP contribution in [0.5, 0.6) is 0 Å². The molecule has 1 amide bonds. The van der Waals surface area contributed by atoms with Crippen molar-refractivity contribution in [3.63, 3.8) is 0 Å². The van der Waals surface area contributed by atoms with Crippen molar-refractivity contribution in [2.24, 2.45) is 0 Å². The van der Waals surface area contributed by atoms with Crippen LogP contribution in [0.1, 0.15) is 96.8 Å². The normalized spacial score (nSPS) is 15.6. The Balaban J connectivity index is 1.83. The van der Waals surface area contributed by atoms with Crippen molar-refractivity contribution in [3.05, 3.63) is 24.3 Å². The maximum atomic E-state index is 11.7. The molecule has 0 bridgehead atoms. The monoisotopic (exact) mass is 348 g/mol. The van der Waals surface area contributed by atoms with Gasteiger partial charge in [0.1, 0.15) is 0 Å². The first-order valence-electron chi connectivity index (χ1n) is 10.7. The molecule has 1 saturated heterocycles. The number of nitrogens with zero attached hydrogens (tertiary/aromatic N) is 1. The van der Waals surface area contributed by atoms with Crippen molar-refractivity contribution in [2.45, 2.75) is 96.8 Å². The van der Waals surface area contributed by atoms with Crippen LogP contribution in [0.2, 0.25) is 0 Å². The van der Waals surface area contributed by atoms with Gasteiger partial charge in [0.15, 0.2) is 0 Å². The lowest BCUT2D eigenvalue weighted by molar-refractivity contribution is -0.120. The second-order valence-corrected chi connectivity index (χ2v) is 7.28. The van der Waals surface area contributed by atoms with Gasteiger partial charge in [-0.15, -0.1) is 0 Å². The van der Waals surface area contributed by atoms with Crippen LogP contribution in [0.25, 0.3) is 0 Å². The van der Waals surface area contributed by atoms with E-state index in [-0.39, 0.29) is 5.91 Å². The van der Waals surface area contributed by atoms with Gasteiger partial charge in [0.2, 0.25) is 0 Å². The Hall–Kier alpha value is -1.09. The van der Waals surface area contributed by atoms with Crippen molar-refractivity contribution in [3.8, 4) is 0 Å². The van der Waals surface area contributed by atoms with E-state index in [1.165, 1.54) is 83.5 Å². The average molecular weight is 349 g/mol. The molecule has 1 rings (SSSR count). The molecule has 0 spiro atoms. The highest BCUT2D eigenvalue weighted by Gasteiger charge is 2.11. The summed E-state index contributed by atoms with van der Waals surface area (Å²) in [5, 5.41) is 2.00. The summed E-state index contributed by atoms with van der Waals surface area (Å²) >= 11 is 0. The summed E-state index contributed by atoms with van der Waals surface area (Å²) in [6.07, 6.45) is 26.4. The first-order valence-corrected chi connectivity index (χ1v) is 10.7. The van der Waals surface area contributed by atoms with E-state index in [2.05, 4.69) is 18.4 Å². The van der Waals surface area contributed by atoms with Crippen LogP contribution >= 0.6 is 0 Å². The molecule has 3 heteroatoms. The molecule has 0 aromatic carbocycles. The van der Waals surface area contributed by atoms with E-state index in [1.54, 1.807) is 6.08 Å². The molecule has 0 aromatic rings. The third kappa shape index (κ3) is 13.8. The topological polar surface area (TPSA) is 32.3 Å². The van der Waals surface area contributed by atoms with E-state index in [4.69, 9.17) is 0 Å². The summed E-state index contributed by atoms with van der Waals surface area (Å²) in [5.74, 6) is -0.0127. The van der Waals surface area contributed by atoms with Crippen LogP contribution in [0.4, 0.5) is 0 Å². The van der Waals surface area contributed by atoms with Crippen molar-refractivity contribution in [2.75, 3.05) is 13.1 Å². The van der Waals surface area contributed by atoms with E-state index in [0.29, 0.717) is 0 Å². The van der Waals surface area contributed by atoms with Crippen molar-refractivity contribution in [1.29, 1.82) is 0 Å². The SMILES string of the molecule is CCCCCCCCCCCCCC=CC=CC(=O)NN1CCCC1. The molecule has 3 nitrogen and oxygen atoms in total. The highest BCUT2D eigenvalue weighted by molar-refractivity contribution is 5.87. The Labute approximate surface area is 155 Å². The third-order valence-electron chi connectivity index (χ3n) is 4.84. The van der Waals surface area contributed by atoms with Gasteiger partial charge in [0.25, 0.3) is 5.91 Å². The van der Waals surface area contributed by atoms with Gasteiger partial charge in [-0.05, 0) is 25.7 Å². The molecule has 25 heavy (non-hydrogen) atoms. The molecular formula is C22H40N2O. The summed E-state index contributed by atoms with van der Waals surface area (Å²) in [5.41, 5.74) is 2.90. The molecule has 0 atom stereocenters. The van der Waals surface area contributed by atoms with E-state index in [1.807, 2.05) is 17.2 Å². The molecule has 0 unspecified atom stereocenters. The van der Waals surface area contributed by atoms with E-state index in [9.17, 15) is 4.79 Å². The predicted molar refractivity (Wildman–Crippen MR) is 108 cm³/mol. The van der Waals surface area contributed by atoms with Crippen molar-refractivity contribution >= 4 is 5.91 Å². The fourth-order valence-corrected chi connectivity index (χ4v) is 3.27. The first-order chi connectivity index (χ1) is 12.3. The zero-order chi connectivity index (χ0) is 18.0. The number of carbonyl (C=O) groups is 1. The summed E-state index contributed by atoms with van der Waals surface area (Å²) in [6.45, 7) is 4.24. The van der Waals surface area contributed by atoms with E-state index >= 15 is 0 Å². The van der Waals surface area contributed by atoms with Gasteiger partial charge in [-0.3, -0.25) is 10.2 Å². The van der Waals surface area contributed by atoms with Crippen LogP contribution in [0.15, 0.2) is 24.3 Å². The molecule has 1 N–H and O–H groups in total. The lowest BCUT2D eigenvalue weighted by atomic mass is 10.1. The van der Waals surface area contributed by atoms with Crippen LogP contribution in [-0.4, -0.2) is 24.0 Å². The number of hydrazine groups is 1. The van der Waals surface area contributed by atoms with Gasteiger partial charge < -0.3 is 0 Å². The molecule has 0 aromatic heterocycles. The number of hydrogen-bond acceptors (Lipinski definition) is 2. The smallest absolute Gasteiger partial charge is 0.258 e. The minimum Gasteiger partial charge on any atom is -0.285 e. The minimum atomic E-state index is -0.0127. The van der Waals surface area contributed by atoms with Gasteiger partial charge in [-0.1, -0.05) is 89.4 Å². The van der Waals surface area contributed by atoms with Gasteiger partial charge in [-0.25, -0.2) is 5.01 Å². The molecule has 144 valence electrons. The molecule has 0 aliphatic carbocycles. The van der Waals surface area contributed by atoms with Crippen LogP contribution in [-0.2, 0) is 4.79 Å². The number of carbonyl (C=O) groups excluding carboxylic acids is 1. The van der Waals surface area contributed by atoms with Gasteiger partial charge in [0.05, 0.1) is 0 Å². The first kappa shape index (κ1) is 22.0. The summed E-state index contributed by atoms with van der Waals surface area (Å²) in [7, 11) is 0. The third-order valence-corrected chi connectivity index (χ3v) is 4.84. The zero-order valence-corrected chi connectivity index (χ0v) is 16.5. The Morgan fingerprint density at radius 1 is 0.840 bits per heavy atom. The number of unbranched alkanes of at least 4 members (excludes halogenated alkanes) is 11. The van der Waals surface area contributed by atoms with Crippen molar-refractivity contribution in [1.82, 2.24) is 10.4 Å². The fraction of sp³-hybridized carbons (Fsp3) is 0.773. The second-order valence-electron chi connectivity index (χ2n) is 7.28. The highest BCUT2D eigenvalue weighted by atomic mass is 16.2. The van der Waals surface area contributed by atoms with Crippen LogP contribution in [0.3, 0.4) is 0 Å². The van der Waals surface area contributed by atoms with E-state index in [0.717, 1.165) is 19.5 Å². The number of hydrogen-bond donors (Lipinski definition) is 1. The molecule has 0 radical (unpaired) electrons. The number of amides is 1. The molecule has 1 aliphatic rings. The molecule has 0 saturated carbocycles. The largest absolute Gasteiger partial charge is 0.285 e.